The number of benzene rings is 2. The number of hydrogen-bond acceptors (Lipinski definition) is 5. The van der Waals surface area contributed by atoms with Crippen LogP contribution in [-0.4, -0.2) is 31.8 Å². The predicted octanol–water partition coefficient (Wildman–Crippen LogP) is 8.41. The van der Waals surface area contributed by atoms with E-state index < -0.39 is 8.32 Å². The number of para-hydroxylation sites is 1. The largest absolute Gasteiger partial charge is 0.414 e. The van der Waals surface area contributed by atoms with Crippen LogP contribution in [0.2, 0.25) is 18.1 Å². The van der Waals surface area contributed by atoms with Crippen LogP contribution in [-0.2, 0) is 15.8 Å². The molecule has 0 aliphatic carbocycles. The number of aromatic nitrogens is 1. The van der Waals surface area contributed by atoms with Crippen molar-refractivity contribution in [3.63, 3.8) is 0 Å². The number of ether oxygens (including phenoxy) is 1. The number of hydrogen-bond donors (Lipinski definition) is 0. The van der Waals surface area contributed by atoms with E-state index in [2.05, 4.69) is 89.3 Å². The van der Waals surface area contributed by atoms with E-state index in [4.69, 9.17) is 14.1 Å². The van der Waals surface area contributed by atoms with Crippen molar-refractivity contribution in [2.24, 2.45) is 5.92 Å². The van der Waals surface area contributed by atoms with E-state index in [9.17, 15) is 0 Å². The fraction of sp³-hybridized carbons (Fsp3) is 0.519. The first-order valence-corrected chi connectivity index (χ1v) is 16.6. The van der Waals surface area contributed by atoms with Gasteiger partial charge in [0.25, 0.3) is 0 Å². The average Bonchev–Trinajstić information content (AvgIpc) is 3.18. The van der Waals surface area contributed by atoms with E-state index in [-0.39, 0.29) is 11.1 Å². The average molecular weight is 502 g/mol. The fourth-order valence-corrected chi connectivity index (χ4v) is 7.15. The van der Waals surface area contributed by atoms with Crippen molar-refractivity contribution in [1.82, 2.24) is 4.98 Å². The number of rotatable bonds is 12. The van der Waals surface area contributed by atoms with E-state index in [0.717, 1.165) is 35.1 Å². The first-order chi connectivity index (χ1) is 15.7. The van der Waals surface area contributed by atoms with Crippen LogP contribution in [0.5, 0.6) is 0 Å². The molecule has 1 heterocycles. The standard InChI is InChI=1S/C27H39NO2S2Si/c1-21(17-19-31-26-28-23-14-10-11-15-25(23)32-26)24(30-33(5,6)27(2,3)4)16-18-29-20-22-12-8-7-9-13-22/h7-15,21,24H,16-20H2,1-6H3/t21-,24-/m0/s1. The van der Waals surface area contributed by atoms with Crippen LogP contribution in [0.4, 0.5) is 0 Å². The molecule has 6 heteroatoms. The summed E-state index contributed by atoms with van der Waals surface area (Å²) in [5.74, 6) is 1.53. The van der Waals surface area contributed by atoms with Gasteiger partial charge in [-0.05, 0) is 54.6 Å². The zero-order valence-corrected chi connectivity index (χ0v) is 23.6. The lowest BCUT2D eigenvalue weighted by molar-refractivity contribution is 0.0546. The zero-order valence-electron chi connectivity index (χ0n) is 21.0. The molecule has 0 fully saturated rings. The third-order valence-electron chi connectivity index (χ3n) is 6.62. The summed E-state index contributed by atoms with van der Waals surface area (Å²) in [6, 6.07) is 18.8. The maximum atomic E-state index is 6.90. The van der Waals surface area contributed by atoms with Gasteiger partial charge in [0.1, 0.15) is 0 Å². The Labute approximate surface area is 209 Å². The summed E-state index contributed by atoms with van der Waals surface area (Å²) < 4.78 is 15.4. The zero-order chi connectivity index (χ0) is 23.9. The normalized spacial score (nSPS) is 14.5. The molecule has 0 bridgehead atoms. The van der Waals surface area contributed by atoms with Gasteiger partial charge in [-0.25, -0.2) is 4.98 Å². The van der Waals surface area contributed by atoms with Crippen LogP contribution in [0.25, 0.3) is 10.2 Å². The van der Waals surface area contributed by atoms with Crippen LogP contribution in [0.1, 0.15) is 46.1 Å². The third-order valence-corrected chi connectivity index (χ3v) is 13.3. The maximum Gasteiger partial charge on any atom is 0.192 e. The smallest absolute Gasteiger partial charge is 0.192 e. The van der Waals surface area contributed by atoms with Gasteiger partial charge < -0.3 is 9.16 Å². The van der Waals surface area contributed by atoms with E-state index in [1.165, 1.54) is 10.3 Å². The van der Waals surface area contributed by atoms with Crippen molar-refractivity contribution in [3.05, 3.63) is 60.2 Å². The summed E-state index contributed by atoms with van der Waals surface area (Å²) in [6.07, 6.45) is 2.27. The molecule has 180 valence electrons. The molecule has 0 unspecified atom stereocenters. The lowest BCUT2D eigenvalue weighted by Gasteiger charge is -2.41. The molecule has 0 N–H and O–H groups in total. The molecule has 0 saturated heterocycles. The van der Waals surface area contributed by atoms with Crippen LogP contribution in [0, 0.1) is 5.92 Å². The second-order valence-electron chi connectivity index (χ2n) is 10.3. The van der Waals surface area contributed by atoms with E-state index >= 15 is 0 Å². The lowest BCUT2D eigenvalue weighted by atomic mass is 10.00. The van der Waals surface area contributed by atoms with Crippen LogP contribution in [0.15, 0.2) is 58.9 Å². The molecule has 33 heavy (non-hydrogen) atoms. The van der Waals surface area contributed by atoms with E-state index in [0.29, 0.717) is 12.5 Å². The Morgan fingerprint density at radius 3 is 2.39 bits per heavy atom. The first-order valence-electron chi connectivity index (χ1n) is 11.9. The van der Waals surface area contributed by atoms with Gasteiger partial charge in [-0.3, -0.25) is 0 Å². The lowest BCUT2D eigenvalue weighted by Crippen LogP contribution is -2.45. The topological polar surface area (TPSA) is 31.4 Å². The molecule has 0 aliphatic heterocycles. The highest BCUT2D eigenvalue weighted by atomic mass is 32.2. The highest BCUT2D eigenvalue weighted by molar-refractivity contribution is 8.01. The molecule has 2 aromatic carbocycles. The summed E-state index contributed by atoms with van der Waals surface area (Å²) >= 11 is 3.67. The predicted molar refractivity (Wildman–Crippen MR) is 147 cm³/mol. The molecule has 0 amide bonds. The Kier molecular flexibility index (Phi) is 9.59. The van der Waals surface area contributed by atoms with Crippen molar-refractivity contribution in [1.29, 1.82) is 0 Å². The number of fused-ring (bicyclic) bond motifs is 1. The Bertz CT molecular complexity index is 951. The Hall–Kier alpha value is -1.18. The van der Waals surface area contributed by atoms with Crippen molar-refractivity contribution in [3.8, 4) is 0 Å². The molecule has 2 atom stereocenters. The third kappa shape index (κ3) is 7.93. The SMILES string of the molecule is C[C@@H](CCSc1nc2ccccc2s1)[C@H](CCOCc1ccccc1)O[Si](C)(C)C(C)(C)C. The van der Waals surface area contributed by atoms with Gasteiger partial charge in [-0.15, -0.1) is 11.3 Å². The second-order valence-corrected chi connectivity index (χ2v) is 17.4. The number of thioether (sulfide) groups is 1. The molecule has 3 aromatic rings. The van der Waals surface area contributed by atoms with Gasteiger partial charge in [0.05, 0.1) is 16.8 Å². The van der Waals surface area contributed by atoms with Crippen molar-refractivity contribution >= 4 is 41.6 Å². The van der Waals surface area contributed by atoms with Crippen LogP contribution < -0.4 is 0 Å². The van der Waals surface area contributed by atoms with Gasteiger partial charge in [-0.2, -0.15) is 0 Å². The quantitative estimate of drug-likeness (QED) is 0.142. The minimum absolute atomic E-state index is 0.200. The summed E-state index contributed by atoms with van der Waals surface area (Å²) in [5, 5.41) is 0.200. The Morgan fingerprint density at radius 2 is 1.70 bits per heavy atom. The van der Waals surface area contributed by atoms with Gasteiger partial charge in [0, 0.05) is 18.5 Å². The van der Waals surface area contributed by atoms with Crippen molar-refractivity contribution in [2.45, 2.75) is 75.7 Å². The van der Waals surface area contributed by atoms with Gasteiger partial charge in [0.15, 0.2) is 12.7 Å². The molecule has 1 aromatic heterocycles. The summed E-state index contributed by atoms with van der Waals surface area (Å²) in [5.41, 5.74) is 2.33. The Balaban J connectivity index is 1.55. The summed E-state index contributed by atoms with van der Waals surface area (Å²) in [7, 11) is -1.85. The molecule has 0 spiro atoms. The molecule has 0 aliphatic rings. The highest BCUT2D eigenvalue weighted by Crippen LogP contribution is 2.39. The van der Waals surface area contributed by atoms with Gasteiger partial charge in [0.2, 0.25) is 0 Å². The van der Waals surface area contributed by atoms with E-state index in [1.54, 1.807) is 11.3 Å². The minimum Gasteiger partial charge on any atom is -0.414 e. The molecular formula is C27H39NO2S2Si. The first kappa shape index (κ1) is 26.4. The second kappa shape index (κ2) is 12.0. The minimum atomic E-state index is -1.85. The Morgan fingerprint density at radius 1 is 1.00 bits per heavy atom. The summed E-state index contributed by atoms with van der Waals surface area (Å²) in [6.45, 7) is 15.4. The monoisotopic (exact) mass is 501 g/mol. The molecule has 0 saturated carbocycles. The summed E-state index contributed by atoms with van der Waals surface area (Å²) in [4.78, 5) is 4.77. The fourth-order valence-electron chi connectivity index (χ4n) is 3.41. The van der Waals surface area contributed by atoms with Crippen molar-refractivity contribution in [2.75, 3.05) is 12.4 Å². The van der Waals surface area contributed by atoms with E-state index in [1.807, 2.05) is 17.8 Å². The van der Waals surface area contributed by atoms with Crippen molar-refractivity contribution < 1.29 is 9.16 Å². The van der Waals surface area contributed by atoms with Crippen LogP contribution in [0.3, 0.4) is 0 Å². The molecule has 3 nitrogen and oxygen atoms in total. The highest BCUT2D eigenvalue weighted by Gasteiger charge is 2.40. The maximum absolute atomic E-state index is 6.90. The van der Waals surface area contributed by atoms with Gasteiger partial charge >= 0.3 is 0 Å². The molecular weight excluding hydrogens is 463 g/mol. The molecule has 0 radical (unpaired) electrons. The number of thiazole rings is 1. The van der Waals surface area contributed by atoms with Crippen LogP contribution >= 0.6 is 23.1 Å². The number of nitrogens with zero attached hydrogens (tertiary/aromatic N) is 1. The molecule has 3 rings (SSSR count). The van der Waals surface area contributed by atoms with Gasteiger partial charge in [-0.1, -0.05) is 81.9 Å².